The molecule has 6 aromatic carbocycles. The lowest BCUT2D eigenvalue weighted by Gasteiger charge is -2.11. The Labute approximate surface area is 263 Å². The normalized spacial score (nSPS) is 11.0. The molecule has 8 aromatic rings. The van der Waals surface area contributed by atoms with Crippen LogP contribution in [-0.4, -0.2) is 9.13 Å². The van der Waals surface area contributed by atoms with Gasteiger partial charge in [-0.05, 0) is 83.9 Å². The second-order valence-electron chi connectivity index (χ2n) is 11.1. The zero-order valence-corrected chi connectivity index (χ0v) is 24.2. The van der Waals surface area contributed by atoms with E-state index in [0.29, 0.717) is 22.3 Å². The fraction of sp³-hybridized carbons (Fsp3) is 0. The summed E-state index contributed by atoms with van der Waals surface area (Å²) in [6.07, 6.45) is 0. The van der Waals surface area contributed by atoms with Gasteiger partial charge in [-0.15, -0.1) is 0 Å². The van der Waals surface area contributed by atoms with Crippen molar-refractivity contribution >= 4 is 43.6 Å². The molecule has 0 amide bonds. The molecule has 0 fully saturated rings. The van der Waals surface area contributed by atoms with Gasteiger partial charge in [-0.3, -0.25) is 0 Å². The lowest BCUT2D eigenvalue weighted by Crippen LogP contribution is -1.98. The Morgan fingerprint density at radius 3 is 1.20 bits per heavy atom. The van der Waals surface area contributed by atoms with Crippen molar-refractivity contribution in [3.63, 3.8) is 0 Å². The maximum absolute atomic E-state index is 9.96. The van der Waals surface area contributed by atoms with Crippen LogP contribution in [0.15, 0.2) is 121 Å². The third kappa shape index (κ3) is 3.86. The number of hydrogen-bond acceptors (Lipinski definition) is 4. The summed E-state index contributed by atoms with van der Waals surface area (Å²) in [7, 11) is 0. The molecule has 8 rings (SSSR count). The molecule has 0 N–H and O–H groups in total. The average Bonchev–Trinajstić information content (AvgIpc) is 3.63. The van der Waals surface area contributed by atoms with E-state index in [0.717, 1.165) is 66.1 Å². The van der Waals surface area contributed by atoms with Crippen LogP contribution in [0.5, 0.6) is 0 Å². The maximum atomic E-state index is 9.96. The first-order chi connectivity index (χ1) is 22.6. The van der Waals surface area contributed by atoms with Crippen molar-refractivity contribution in [3.8, 4) is 46.8 Å². The Hall–Kier alpha value is -7.12. The molecular formula is C40H20N6. The van der Waals surface area contributed by atoms with Gasteiger partial charge in [-0.1, -0.05) is 48.5 Å². The SMILES string of the molecule is N#Cc1ccc(-n2c3ccccc3c3cc(-c4ccc5c(c4)c4ccccc4n5-c4ccc(C#N)cc4C#N)ccc32)c(C#N)c1. The lowest BCUT2D eigenvalue weighted by molar-refractivity contribution is 1.16. The largest absolute Gasteiger partial charge is 0.308 e. The topological polar surface area (TPSA) is 105 Å². The van der Waals surface area contributed by atoms with E-state index < -0.39 is 0 Å². The molecule has 0 radical (unpaired) electrons. The Kier molecular flexibility index (Phi) is 5.91. The molecule has 0 bridgehead atoms. The van der Waals surface area contributed by atoms with Crippen molar-refractivity contribution in [2.75, 3.05) is 0 Å². The lowest BCUT2D eigenvalue weighted by atomic mass is 10.0. The summed E-state index contributed by atoms with van der Waals surface area (Å²) < 4.78 is 4.19. The second kappa shape index (κ2) is 10.3. The third-order valence-electron chi connectivity index (χ3n) is 8.65. The van der Waals surface area contributed by atoms with Crippen LogP contribution in [0.25, 0.3) is 66.1 Å². The zero-order valence-electron chi connectivity index (χ0n) is 24.2. The summed E-state index contributed by atoms with van der Waals surface area (Å²) in [5.74, 6) is 0. The monoisotopic (exact) mass is 584 g/mol. The molecule has 0 aliphatic carbocycles. The van der Waals surface area contributed by atoms with Crippen LogP contribution in [0, 0.1) is 45.3 Å². The molecule has 0 saturated heterocycles. The van der Waals surface area contributed by atoms with Crippen LogP contribution in [0.4, 0.5) is 0 Å². The summed E-state index contributed by atoms with van der Waals surface area (Å²) >= 11 is 0. The van der Waals surface area contributed by atoms with Gasteiger partial charge in [0.25, 0.3) is 0 Å². The quantitative estimate of drug-likeness (QED) is 0.207. The molecule has 210 valence electrons. The second-order valence-corrected chi connectivity index (χ2v) is 11.1. The van der Waals surface area contributed by atoms with E-state index in [-0.39, 0.29) is 0 Å². The number of fused-ring (bicyclic) bond motifs is 6. The molecule has 46 heavy (non-hydrogen) atoms. The molecular weight excluding hydrogens is 564 g/mol. The number of nitriles is 4. The molecule has 0 unspecified atom stereocenters. The molecule has 0 aliphatic heterocycles. The minimum absolute atomic E-state index is 0.439. The highest BCUT2D eigenvalue weighted by molar-refractivity contribution is 6.12. The van der Waals surface area contributed by atoms with Crippen molar-refractivity contribution in [2.45, 2.75) is 0 Å². The first kappa shape index (κ1) is 26.5. The molecule has 0 atom stereocenters. The fourth-order valence-corrected chi connectivity index (χ4v) is 6.60. The molecule has 0 saturated carbocycles. The van der Waals surface area contributed by atoms with E-state index in [9.17, 15) is 21.0 Å². The summed E-state index contributed by atoms with van der Waals surface area (Å²) in [6.45, 7) is 0. The number of para-hydroxylation sites is 2. The van der Waals surface area contributed by atoms with Gasteiger partial charge in [-0.2, -0.15) is 21.0 Å². The van der Waals surface area contributed by atoms with Crippen molar-refractivity contribution in [1.29, 1.82) is 21.0 Å². The molecule has 2 aromatic heterocycles. The fourth-order valence-electron chi connectivity index (χ4n) is 6.60. The van der Waals surface area contributed by atoms with Crippen molar-refractivity contribution in [3.05, 3.63) is 144 Å². The Balaban J connectivity index is 1.34. The van der Waals surface area contributed by atoms with Gasteiger partial charge < -0.3 is 9.13 Å². The van der Waals surface area contributed by atoms with Gasteiger partial charge in [0.2, 0.25) is 0 Å². The smallest absolute Gasteiger partial charge is 0.101 e. The van der Waals surface area contributed by atoms with Crippen LogP contribution in [-0.2, 0) is 0 Å². The molecule has 2 heterocycles. The first-order valence-electron chi connectivity index (χ1n) is 14.6. The highest BCUT2D eigenvalue weighted by Gasteiger charge is 2.18. The van der Waals surface area contributed by atoms with Gasteiger partial charge in [-0.25, -0.2) is 0 Å². The Bertz CT molecular complexity index is 2560. The number of hydrogen-bond donors (Lipinski definition) is 0. The summed E-state index contributed by atoms with van der Waals surface area (Å²) in [5, 5.41) is 43.0. The van der Waals surface area contributed by atoms with Crippen LogP contribution >= 0.6 is 0 Å². The van der Waals surface area contributed by atoms with Crippen molar-refractivity contribution < 1.29 is 0 Å². The van der Waals surface area contributed by atoms with Gasteiger partial charge in [0.1, 0.15) is 12.1 Å². The summed E-state index contributed by atoms with van der Waals surface area (Å²) in [6, 6.07) is 48.3. The van der Waals surface area contributed by atoms with Crippen LogP contribution in [0.3, 0.4) is 0 Å². The van der Waals surface area contributed by atoms with Gasteiger partial charge in [0.05, 0.1) is 67.8 Å². The highest BCUT2D eigenvalue weighted by atomic mass is 15.0. The third-order valence-corrected chi connectivity index (χ3v) is 8.65. The average molecular weight is 585 g/mol. The molecule has 6 heteroatoms. The predicted molar refractivity (Wildman–Crippen MR) is 179 cm³/mol. The van der Waals surface area contributed by atoms with Crippen LogP contribution in [0.2, 0.25) is 0 Å². The Morgan fingerprint density at radius 1 is 0.370 bits per heavy atom. The van der Waals surface area contributed by atoms with Crippen molar-refractivity contribution in [1.82, 2.24) is 9.13 Å². The predicted octanol–water partition coefficient (Wildman–Crippen LogP) is 9.03. The highest BCUT2D eigenvalue weighted by Crippen LogP contribution is 2.39. The summed E-state index contributed by atoms with van der Waals surface area (Å²) in [4.78, 5) is 0. The van der Waals surface area contributed by atoms with E-state index in [1.807, 2.05) is 48.5 Å². The van der Waals surface area contributed by atoms with Gasteiger partial charge in [0, 0.05) is 21.5 Å². The molecule has 0 spiro atoms. The number of rotatable bonds is 3. The van der Waals surface area contributed by atoms with Gasteiger partial charge in [0.15, 0.2) is 0 Å². The minimum Gasteiger partial charge on any atom is -0.308 e. The van der Waals surface area contributed by atoms with Crippen LogP contribution < -0.4 is 0 Å². The van der Waals surface area contributed by atoms with E-state index >= 15 is 0 Å². The molecule has 0 aliphatic rings. The van der Waals surface area contributed by atoms with E-state index in [1.165, 1.54) is 0 Å². The van der Waals surface area contributed by atoms with Crippen molar-refractivity contribution in [2.24, 2.45) is 0 Å². The van der Waals surface area contributed by atoms with Gasteiger partial charge >= 0.3 is 0 Å². The Morgan fingerprint density at radius 2 is 0.783 bits per heavy atom. The standard InChI is InChI=1S/C40H20N6/c41-21-25-9-13-35(29(17-25)23-43)45-37-7-3-1-5-31(37)33-19-27(11-15-39(33)45)28-12-16-40-34(20-28)32-6-2-4-8-38(32)46(40)36-14-10-26(22-42)18-30(36)24-44/h1-20H. The minimum atomic E-state index is 0.439. The van der Waals surface area contributed by atoms with E-state index in [4.69, 9.17) is 0 Å². The summed E-state index contributed by atoms with van der Waals surface area (Å²) in [5.41, 5.74) is 9.22. The first-order valence-corrected chi connectivity index (χ1v) is 14.6. The maximum Gasteiger partial charge on any atom is 0.101 e. The zero-order chi connectivity index (χ0) is 31.4. The number of aromatic nitrogens is 2. The van der Waals surface area contributed by atoms with E-state index in [2.05, 4.69) is 81.9 Å². The number of benzene rings is 6. The van der Waals surface area contributed by atoms with E-state index in [1.54, 1.807) is 24.3 Å². The van der Waals surface area contributed by atoms with Crippen LogP contribution in [0.1, 0.15) is 22.3 Å². The number of nitrogens with zero attached hydrogens (tertiary/aromatic N) is 6. The molecule has 6 nitrogen and oxygen atoms in total.